The first kappa shape index (κ1) is 38.3. The quantitative estimate of drug-likeness (QED) is 0.288. The Balaban J connectivity index is 0.00000192. The number of methoxy groups -OCH3 is 1. The molecule has 6 rings (SSSR count). The number of likely N-dealkylation sites (tertiary alicyclic amines) is 1. The van der Waals surface area contributed by atoms with Gasteiger partial charge < -0.3 is 19.7 Å². The Morgan fingerprint density at radius 1 is 0.957 bits per heavy atom. The molecule has 1 N–H and O–H groups in total. The maximum Gasteiger partial charge on any atom is 0.305 e. The molecule has 15 heteroatoms. The van der Waals surface area contributed by atoms with Crippen LogP contribution in [0.4, 0.5) is 5.95 Å². The van der Waals surface area contributed by atoms with Crippen molar-refractivity contribution in [1.82, 2.24) is 30.1 Å². The number of aromatic nitrogens is 3. The first-order valence-electron chi connectivity index (χ1n) is 14.9. The normalized spacial score (nSPS) is 18.8. The summed E-state index contributed by atoms with van der Waals surface area (Å²) < 4.78 is 11.1. The van der Waals surface area contributed by atoms with E-state index in [9.17, 15) is 4.79 Å². The summed E-state index contributed by atoms with van der Waals surface area (Å²) in [7, 11) is 1.45. The summed E-state index contributed by atoms with van der Waals surface area (Å²) in [5.74, 6) is 1.90. The highest BCUT2D eigenvalue weighted by atomic mass is 35.5. The van der Waals surface area contributed by atoms with E-state index in [1.165, 1.54) is 7.11 Å². The highest BCUT2D eigenvalue weighted by Crippen LogP contribution is 2.31. The second kappa shape index (κ2) is 17.8. The van der Waals surface area contributed by atoms with E-state index in [2.05, 4.69) is 36.1 Å². The number of esters is 1. The maximum absolute atomic E-state index is 11.7. The molecule has 5 heterocycles. The van der Waals surface area contributed by atoms with Gasteiger partial charge >= 0.3 is 5.97 Å². The molecule has 3 aliphatic heterocycles. The molecule has 0 spiro atoms. The molecule has 46 heavy (non-hydrogen) atoms. The van der Waals surface area contributed by atoms with Crippen LogP contribution in [-0.4, -0.2) is 96.2 Å². The number of rotatable bonds is 8. The molecule has 0 aliphatic carbocycles. The Kier molecular flexibility index (Phi) is 14.9. The van der Waals surface area contributed by atoms with E-state index in [0.717, 1.165) is 82.9 Å². The van der Waals surface area contributed by atoms with Gasteiger partial charge in [-0.15, -0.1) is 37.2 Å². The molecule has 252 valence electrons. The minimum atomic E-state index is -0.139. The predicted molar refractivity (Wildman–Crippen MR) is 189 cm³/mol. The number of piperidine rings is 1. The summed E-state index contributed by atoms with van der Waals surface area (Å²) in [6.45, 7) is 8.50. The molecular formula is C31H40Cl5N7O3. The summed E-state index contributed by atoms with van der Waals surface area (Å²) in [5.41, 5.74) is 2.58. The molecule has 3 saturated heterocycles. The van der Waals surface area contributed by atoms with Crippen LogP contribution >= 0.6 is 60.4 Å². The van der Waals surface area contributed by atoms with Crippen molar-refractivity contribution in [2.45, 2.75) is 31.8 Å². The molecule has 0 amide bonds. The van der Waals surface area contributed by atoms with Gasteiger partial charge in [0.1, 0.15) is 0 Å². The van der Waals surface area contributed by atoms with Crippen molar-refractivity contribution >= 4 is 72.3 Å². The lowest BCUT2D eigenvalue weighted by atomic mass is 9.93. The predicted octanol–water partition coefficient (Wildman–Crippen LogP) is 5.77. The fourth-order valence-corrected chi connectivity index (χ4v) is 6.70. The third kappa shape index (κ3) is 9.93. The summed E-state index contributed by atoms with van der Waals surface area (Å²) in [4.78, 5) is 33.0. The Bertz CT molecular complexity index is 1410. The first-order chi connectivity index (χ1) is 20.9. The fraction of sp³-hybridized carbons (Fsp3) is 0.484. The topological polar surface area (TPSA) is 96.0 Å². The number of hydrogen-bond acceptors (Lipinski definition) is 10. The maximum atomic E-state index is 11.7. The zero-order chi connectivity index (χ0) is 29.8. The van der Waals surface area contributed by atoms with Crippen LogP contribution in [0.25, 0.3) is 11.3 Å². The molecule has 0 saturated carbocycles. The van der Waals surface area contributed by atoms with Crippen LogP contribution in [-0.2, 0) is 16.1 Å². The van der Waals surface area contributed by atoms with Crippen molar-refractivity contribution in [1.29, 1.82) is 0 Å². The van der Waals surface area contributed by atoms with Crippen molar-refractivity contribution in [2.24, 2.45) is 5.92 Å². The number of carbonyl (C=O) groups excluding carboxylic acids is 1. The van der Waals surface area contributed by atoms with Gasteiger partial charge in [0.05, 0.1) is 25.2 Å². The van der Waals surface area contributed by atoms with Gasteiger partial charge in [0.25, 0.3) is 0 Å². The molecule has 10 nitrogen and oxygen atoms in total. The smallest absolute Gasteiger partial charge is 0.305 e. The van der Waals surface area contributed by atoms with Gasteiger partial charge in [-0.1, -0.05) is 23.2 Å². The number of fused-ring (bicyclic) bond motifs is 1. The van der Waals surface area contributed by atoms with Crippen molar-refractivity contribution in [2.75, 3.05) is 64.4 Å². The molecule has 1 atom stereocenters. The highest BCUT2D eigenvalue weighted by Gasteiger charge is 2.30. The zero-order valence-electron chi connectivity index (χ0n) is 25.6. The molecule has 1 aromatic carbocycles. The van der Waals surface area contributed by atoms with Crippen LogP contribution in [0.3, 0.4) is 0 Å². The number of anilines is 1. The number of nitrogens with zero attached hydrogens (tertiary/aromatic N) is 6. The lowest BCUT2D eigenvalue weighted by molar-refractivity contribution is -0.142. The number of benzene rings is 1. The number of carbonyl (C=O) groups is 1. The number of piperazine rings is 2. The van der Waals surface area contributed by atoms with Crippen molar-refractivity contribution in [3.05, 3.63) is 58.3 Å². The minimum absolute atomic E-state index is 0. The summed E-state index contributed by atoms with van der Waals surface area (Å²) in [5, 5.41) is 4.57. The average molecular weight is 736 g/mol. The summed E-state index contributed by atoms with van der Waals surface area (Å²) >= 11 is 12.7. The van der Waals surface area contributed by atoms with Crippen LogP contribution in [0.15, 0.2) is 42.7 Å². The van der Waals surface area contributed by atoms with Crippen molar-refractivity contribution < 1.29 is 14.3 Å². The molecule has 3 fully saturated rings. The third-order valence-electron chi connectivity index (χ3n) is 8.50. The average Bonchev–Trinajstić information content (AvgIpc) is 3.01. The molecule has 3 aromatic rings. The second-order valence-corrected chi connectivity index (χ2v) is 12.4. The van der Waals surface area contributed by atoms with E-state index < -0.39 is 0 Å². The third-order valence-corrected chi connectivity index (χ3v) is 8.93. The number of pyridine rings is 1. The van der Waals surface area contributed by atoms with E-state index in [1.807, 2.05) is 18.2 Å². The number of hydrogen-bond donors (Lipinski definition) is 1. The monoisotopic (exact) mass is 733 g/mol. The lowest BCUT2D eigenvalue weighted by Crippen LogP contribution is -2.61. The van der Waals surface area contributed by atoms with E-state index in [4.69, 9.17) is 37.7 Å². The number of nitrogens with one attached hydrogen (secondary N) is 1. The van der Waals surface area contributed by atoms with Gasteiger partial charge in [-0.25, -0.2) is 15.0 Å². The van der Waals surface area contributed by atoms with E-state index in [0.29, 0.717) is 51.7 Å². The molecule has 0 bridgehead atoms. The fourth-order valence-electron chi connectivity index (χ4n) is 6.18. The minimum Gasteiger partial charge on any atom is -0.469 e. The second-order valence-electron chi connectivity index (χ2n) is 11.5. The van der Waals surface area contributed by atoms with Crippen LogP contribution < -0.4 is 15.0 Å². The van der Waals surface area contributed by atoms with Gasteiger partial charge in [0, 0.05) is 80.0 Å². The number of ether oxygens (including phenoxy) is 2. The molecule has 1 unspecified atom stereocenters. The van der Waals surface area contributed by atoms with E-state index >= 15 is 0 Å². The SMILES string of the molecule is COC(=O)CC1CCN(Cc2cc(Oc3cnc(N4CCN5CCNCC5C4)nc3)nc(-c3cc(Cl)cc(Cl)c3)c2)CC1.Cl.Cl.Cl. The van der Waals surface area contributed by atoms with Crippen molar-refractivity contribution in [3.8, 4) is 22.9 Å². The summed E-state index contributed by atoms with van der Waals surface area (Å²) in [6, 6.07) is 9.89. The molecule has 3 aliphatic rings. The Morgan fingerprint density at radius 2 is 1.67 bits per heavy atom. The van der Waals surface area contributed by atoms with Gasteiger partial charge in [-0.2, -0.15) is 0 Å². The zero-order valence-corrected chi connectivity index (χ0v) is 29.5. The van der Waals surface area contributed by atoms with Gasteiger partial charge in [0.15, 0.2) is 5.75 Å². The largest absolute Gasteiger partial charge is 0.469 e. The summed E-state index contributed by atoms with van der Waals surface area (Å²) in [6.07, 6.45) is 5.81. The van der Waals surface area contributed by atoms with Gasteiger partial charge in [0.2, 0.25) is 11.8 Å². The Labute approximate surface area is 298 Å². The van der Waals surface area contributed by atoms with Crippen molar-refractivity contribution in [3.63, 3.8) is 0 Å². The highest BCUT2D eigenvalue weighted by molar-refractivity contribution is 6.35. The van der Waals surface area contributed by atoms with E-state index in [1.54, 1.807) is 18.5 Å². The van der Waals surface area contributed by atoms with E-state index in [-0.39, 0.29) is 43.2 Å². The number of halogens is 5. The van der Waals surface area contributed by atoms with Crippen LogP contribution in [0.5, 0.6) is 11.6 Å². The standard InChI is InChI=1S/C31H37Cl2N7O3.3ClH/c1-42-30(41)12-21-2-5-38(6-3-21)19-22-10-28(23-13-24(32)15-25(33)14-23)37-29(11-22)43-27-17-35-31(36-18-27)40-9-8-39-7-4-34-16-26(39)20-40;;;/h10-11,13-15,17-18,21,26,34H,2-9,12,16,19-20H2,1H3;3*1H. The van der Waals surface area contributed by atoms with Crippen LogP contribution in [0.2, 0.25) is 10.0 Å². The van der Waals surface area contributed by atoms with Crippen LogP contribution in [0, 0.1) is 5.92 Å². The van der Waals surface area contributed by atoms with Crippen LogP contribution in [0.1, 0.15) is 24.8 Å². The first-order valence-corrected chi connectivity index (χ1v) is 15.6. The molecule has 2 aromatic heterocycles. The van der Waals surface area contributed by atoms with Gasteiger partial charge in [-0.05, 0) is 61.7 Å². The molecule has 0 radical (unpaired) electrons. The van der Waals surface area contributed by atoms with Gasteiger partial charge in [-0.3, -0.25) is 14.6 Å². The Morgan fingerprint density at radius 3 is 2.37 bits per heavy atom. The Hall–Kier alpha value is -2.15. The molecular weight excluding hydrogens is 696 g/mol. The lowest BCUT2D eigenvalue weighted by Gasteiger charge is -2.44.